The van der Waals surface area contributed by atoms with E-state index >= 15 is 0 Å². The van der Waals surface area contributed by atoms with Crippen molar-refractivity contribution in [3.63, 3.8) is 0 Å². The number of benzene rings is 2. The summed E-state index contributed by atoms with van der Waals surface area (Å²) in [5.74, 6) is -0.335. The lowest BCUT2D eigenvalue weighted by molar-refractivity contribution is -0.131. The van der Waals surface area contributed by atoms with E-state index in [-0.39, 0.29) is 17.3 Å². The molecule has 2 aromatic carbocycles. The van der Waals surface area contributed by atoms with Crippen molar-refractivity contribution < 1.29 is 13.2 Å². The smallest absolute Gasteiger partial charge is 0.243 e. The first-order valence-corrected chi connectivity index (χ1v) is 11.5. The molecule has 3 rings (SSSR count). The first kappa shape index (κ1) is 22.1. The van der Waals surface area contributed by atoms with Gasteiger partial charge < -0.3 is 4.90 Å². The largest absolute Gasteiger partial charge is 0.332 e. The average molecular weight is 488 g/mol. The molecule has 0 fully saturated rings. The number of likely N-dealkylation sites (N-methyl/N-ethyl adjacent to an activating group) is 2. The summed E-state index contributed by atoms with van der Waals surface area (Å²) in [6, 6.07) is 21.0. The van der Waals surface area contributed by atoms with Crippen molar-refractivity contribution >= 4 is 31.9 Å². The van der Waals surface area contributed by atoms with E-state index in [1.165, 1.54) is 24.1 Å². The van der Waals surface area contributed by atoms with Gasteiger partial charge in [0, 0.05) is 24.8 Å². The SMILES string of the molecule is CN(C(=O)CN(C)S(=O)(=O)c1ccc(Br)cc1)C(c1ccccc1)c1ccccn1. The zero-order chi connectivity index (χ0) is 21.7. The van der Waals surface area contributed by atoms with Gasteiger partial charge in [-0.2, -0.15) is 4.31 Å². The summed E-state index contributed by atoms with van der Waals surface area (Å²) >= 11 is 3.29. The van der Waals surface area contributed by atoms with Crippen LogP contribution in [-0.4, -0.2) is 49.2 Å². The fraction of sp³-hybridized carbons (Fsp3) is 0.182. The van der Waals surface area contributed by atoms with Crippen molar-refractivity contribution in [1.82, 2.24) is 14.2 Å². The Morgan fingerprint density at radius 1 is 0.967 bits per heavy atom. The van der Waals surface area contributed by atoms with E-state index < -0.39 is 16.1 Å². The van der Waals surface area contributed by atoms with Crippen molar-refractivity contribution in [3.05, 3.63) is 94.7 Å². The molecule has 6 nitrogen and oxygen atoms in total. The number of sulfonamides is 1. The molecule has 1 aromatic heterocycles. The minimum absolute atomic E-state index is 0.132. The molecule has 0 aliphatic rings. The molecule has 0 saturated heterocycles. The summed E-state index contributed by atoms with van der Waals surface area (Å²) in [6.07, 6.45) is 1.67. The zero-order valence-corrected chi connectivity index (χ0v) is 19.0. The fourth-order valence-corrected chi connectivity index (χ4v) is 4.47. The second-order valence-electron chi connectivity index (χ2n) is 6.79. The molecule has 0 aliphatic carbocycles. The number of rotatable bonds is 7. The van der Waals surface area contributed by atoms with E-state index in [4.69, 9.17) is 0 Å². The second kappa shape index (κ2) is 9.51. The molecular formula is C22H22BrN3O3S. The van der Waals surface area contributed by atoms with Gasteiger partial charge in [0.05, 0.1) is 23.2 Å². The number of carbonyl (C=O) groups excluding carboxylic acids is 1. The Bertz CT molecular complexity index is 1050. The predicted octanol–water partition coefficient (Wildman–Crippen LogP) is 3.71. The molecule has 1 unspecified atom stereocenters. The molecule has 0 radical (unpaired) electrons. The Morgan fingerprint density at radius 3 is 2.20 bits per heavy atom. The van der Waals surface area contributed by atoms with Gasteiger partial charge in [0.25, 0.3) is 0 Å². The predicted molar refractivity (Wildman–Crippen MR) is 119 cm³/mol. The van der Waals surface area contributed by atoms with Gasteiger partial charge in [0.15, 0.2) is 0 Å². The molecule has 1 amide bonds. The van der Waals surface area contributed by atoms with Gasteiger partial charge in [0.1, 0.15) is 0 Å². The Hall–Kier alpha value is -2.55. The zero-order valence-electron chi connectivity index (χ0n) is 16.6. The van der Waals surface area contributed by atoms with Crippen LogP contribution in [0.3, 0.4) is 0 Å². The number of nitrogens with zero attached hydrogens (tertiary/aromatic N) is 3. The summed E-state index contributed by atoms with van der Waals surface area (Å²) < 4.78 is 27.5. The van der Waals surface area contributed by atoms with E-state index in [0.717, 1.165) is 14.3 Å². The lowest BCUT2D eigenvalue weighted by Crippen LogP contribution is -2.41. The summed E-state index contributed by atoms with van der Waals surface area (Å²) in [7, 11) is -0.724. The quantitative estimate of drug-likeness (QED) is 0.509. The molecule has 1 atom stereocenters. The van der Waals surface area contributed by atoms with Crippen molar-refractivity contribution in [2.45, 2.75) is 10.9 Å². The van der Waals surface area contributed by atoms with E-state index in [9.17, 15) is 13.2 Å². The summed E-state index contributed by atoms with van der Waals surface area (Å²) in [5, 5.41) is 0. The van der Waals surface area contributed by atoms with E-state index in [2.05, 4.69) is 20.9 Å². The standard InChI is InChI=1S/C22H22BrN3O3S/c1-25(30(28,29)19-13-11-18(23)12-14-19)16-21(27)26(2)22(17-8-4-3-5-9-17)20-10-6-7-15-24-20/h3-15,22H,16H2,1-2H3. The highest BCUT2D eigenvalue weighted by Crippen LogP contribution is 2.26. The highest BCUT2D eigenvalue weighted by Gasteiger charge is 2.28. The van der Waals surface area contributed by atoms with Crippen molar-refractivity contribution in [2.75, 3.05) is 20.6 Å². The third-order valence-corrected chi connectivity index (χ3v) is 7.09. The molecule has 0 saturated carbocycles. The van der Waals surface area contributed by atoms with Gasteiger partial charge in [-0.25, -0.2) is 8.42 Å². The lowest BCUT2D eigenvalue weighted by atomic mass is 10.0. The molecular weight excluding hydrogens is 466 g/mol. The molecule has 0 aliphatic heterocycles. The van der Waals surface area contributed by atoms with Gasteiger partial charge in [-0.05, 0) is 42.0 Å². The normalized spacial score (nSPS) is 12.5. The number of aromatic nitrogens is 1. The van der Waals surface area contributed by atoms with E-state index in [1.54, 1.807) is 25.4 Å². The van der Waals surface area contributed by atoms with Crippen LogP contribution < -0.4 is 0 Å². The molecule has 3 aromatic rings. The van der Waals surface area contributed by atoms with Crippen LogP contribution >= 0.6 is 15.9 Å². The lowest BCUT2D eigenvalue weighted by Gasteiger charge is -2.29. The molecule has 156 valence electrons. The number of amides is 1. The topological polar surface area (TPSA) is 70.6 Å². The van der Waals surface area contributed by atoms with Crippen molar-refractivity contribution in [2.24, 2.45) is 0 Å². The summed E-state index contributed by atoms with van der Waals surface area (Å²) in [4.78, 5) is 19.1. The van der Waals surface area contributed by atoms with Crippen LogP contribution in [0.1, 0.15) is 17.3 Å². The fourth-order valence-electron chi connectivity index (χ4n) is 3.08. The first-order valence-electron chi connectivity index (χ1n) is 9.24. The molecule has 0 bridgehead atoms. The third kappa shape index (κ3) is 4.95. The summed E-state index contributed by atoms with van der Waals surface area (Å²) in [5.41, 5.74) is 1.60. The molecule has 0 spiro atoms. The Morgan fingerprint density at radius 2 is 1.60 bits per heavy atom. The Kier molecular flexibility index (Phi) is 7.02. The second-order valence-corrected chi connectivity index (χ2v) is 9.75. The van der Waals surface area contributed by atoms with Gasteiger partial charge in [-0.15, -0.1) is 0 Å². The van der Waals surface area contributed by atoms with Crippen LogP contribution in [0.4, 0.5) is 0 Å². The number of halogens is 1. The van der Waals surface area contributed by atoms with Crippen LogP contribution in [0.5, 0.6) is 0 Å². The molecule has 8 heteroatoms. The Labute approximate surface area is 185 Å². The first-order chi connectivity index (χ1) is 14.3. The van der Waals surface area contributed by atoms with Crippen molar-refractivity contribution in [1.29, 1.82) is 0 Å². The molecule has 30 heavy (non-hydrogen) atoms. The van der Waals surface area contributed by atoms with Gasteiger partial charge in [-0.3, -0.25) is 9.78 Å². The van der Waals surface area contributed by atoms with Gasteiger partial charge in [-0.1, -0.05) is 52.3 Å². The van der Waals surface area contributed by atoms with Crippen LogP contribution in [0.25, 0.3) is 0 Å². The highest BCUT2D eigenvalue weighted by atomic mass is 79.9. The van der Waals surface area contributed by atoms with Gasteiger partial charge in [0.2, 0.25) is 15.9 Å². The van der Waals surface area contributed by atoms with Gasteiger partial charge >= 0.3 is 0 Å². The maximum absolute atomic E-state index is 13.1. The van der Waals surface area contributed by atoms with Crippen molar-refractivity contribution in [3.8, 4) is 0 Å². The highest BCUT2D eigenvalue weighted by molar-refractivity contribution is 9.10. The summed E-state index contributed by atoms with van der Waals surface area (Å²) in [6.45, 7) is -0.287. The monoisotopic (exact) mass is 487 g/mol. The average Bonchev–Trinajstić information content (AvgIpc) is 2.75. The van der Waals surface area contributed by atoms with Crippen LogP contribution in [0, 0.1) is 0 Å². The maximum atomic E-state index is 13.1. The van der Waals surface area contributed by atoms with Crippen LogP contribution in [0.2, 0.25) is 0 Å². The molecule has 0 N–H and O–H groups in total. The number of hydrogen-bond acceptors (Lipinski definition) is 4. The number of carbonyl (C=O) groups is 1. The minimum Gasteiger partial charge on any atom is -0.332 e. The van der Waals surface area contributed by atoms with E-state index in [0.29, 0.717) is 5.69 Å². The minimum atomic E-state index is -3.79. The van der Waals surface area contributed by atoms with E-state index in [1.807, 2.05) is 48.5 Å². The van der Waals surface area contributed by atoms with Crippen LogP contribution in [0.15, 0.2) is 88.4 Å². The maximum Gasteiger partial charge on any atom is 0.243 e. The van der Waals surface area contributed by atoms with Crippen LogP contribution in [-0.2, 0) is 14.8 Å². The number of hydrogen-bond donors (Lipinski definition) is 0. The Balaban J connectivity index is 1.84. The number of pyridine rings is 1. The molecule has 1 heterocycles. The third-order valence-electron chi connectivity index (χ3n) is 4.74.